The fourth-order valence-electron chi connectivity index (χ4n) is 2.41. The van der Waals surface area contributed by atoms with E-state index in [4.69, 9.17) is 8.94 Å². The van der Waals surface area contributed by atoms with Crippen molar-refractivity contribution in [3.63, 3.8) is 0 Å². The van der Waals surface area contributed by atoms with Gasteiger partial charge in [0.1, 0.15) is 17.1 Å². The maximum Gasteiger partial charge on any atom is 0.235 e. The van der Waals surface area contributed by atoms with Crippen LogP contribution < -0.4 is 10.6 Å². The number of nitrogens with zero attached hydrogens (tertiary/aromatic N) is 1. The second kappa shape index (κ2) is 8.09. The first-order valence-electron chi connectivity index (χ1n) is 8.10. The van der Waals surface area contributed by atoms with Crippen LogP contribution in [0.4, 0.5) is 5.82 Å². The van der Waals surface area contributed by atoms with Crippen molar-refractivity contribution in [3.8, 4) is 0 Å². The summed E-state index contributed by atoms with van der Waals surface area (Å²) in [5.74, 6) is 1.62. The van der Waals surface area contributed by atoms with Gasteiger partial charge in [-0.2, -0.15) is 0 Å². The van der Waals surface area contributed by atoms with Crippen LogP contribution in [0.1, 0.15) is 24.5 Å². The SMILES string of the molecule is Cc1cc(NC(=O)CSCC(=O)N[C@@H](C)c2cc3ccccc3o2)no1. The van der Waals surface area contributed by atoms with E-state index in [1.54, 1.807) is 13.0 Å². The highest BCUT2D eigenvalue weighted by molar-refractivity contribution is 8.00. The number of hydrogen-bond acceptors (Lipinski definition) is 6. The summed E-state index contributed by atoms with van der Waals surface area (Å²) in [6.07, 6.45) is 0. The molecule has 3 aromatic rings. The Hall–Kier alpha value is -2.74. The largest absolute Gasteiger partial charge is 0.459 e. The number of carbonyl (C=O) groups excluding carboxylic acids is 2. The van der Waals surface area contributed by atoms with Gasteiger partial charge in [0, 0.05) is 11.5 Å². The first kappa shape index (κ1) is 18.1. The molecule has 0 unspecified atom stereocenters. The third-order valence-corrected chi connectivity index (χ3v) is 4.54. The van der Waals surface area contributed by atoms with E-state index in [0.29, 0.717) is 17.3 Å². The van der Waals surface area contributed by atoms with Crippen LogP contribution in [0.25, 0.3) is 11.0 Å². The van der Waals surface area contributed by atoms with Crippen LogP contribution >= 0.6 is 11.8 Å². The van der Waals surface area contributed by atoms with E-state index in [1.807, 2.05) is 37.3 Å². The molecule has 0 saturated heterocycles. The Labute approximate surface area is 154 Å². The molecule has 8 heteroatoms. The van der Waals surface area contributed by atoms with Crippen molar-refractivity contribution in [2.45, 2.75) is 19.9 Å². The molecule has 2 heterocycles. The lowest BCUT2D eigenvalue weighted by atomic mass is 10.2. The van der Waals surface area contributed by atoms with E-state index >= 15 is 0 Å². The highest BCUT2D eigenvalue weighted by Crippen LogP contribution is 2.23. The van der Waals surface area contributed by atoms with Crippen LogP contribution in [0, 0.1) is 6.92 Å². The number of furan rings is 1. The predicted octanol–water partition coefficient (Wildman–Crippen LogP) is 3.28. The number of hydrogen-bond donors (Lipinski definition) is 2. The van der Waals surface area contributed by atoms with Gasteiger partial charge in [-0.1, -0.05) is 23.4 Å². The Balaban J connectivity index is 1.42. The van der Waals surface area contributed by atoms with Crippen molar-refractivity contribution < 1.29 is 18.5 Å². The van der Waals surface area contributed by atoms with Crippen molar-refractivity contribution in [2.24, 2.45) is 0 Å². The van der Waals surface area contributed by atoms with Gasteiger partial charge in [0.25, 0.3) is 0 Å². The molecule has 0 saturated carbocycles. The molecule has 1 aromatic carbocycles. The maximum absolute atomic E-state index is 12.1. The summed E-state index contributed by atoms with van der Waals surface area (Å²) in [6, 6.07) is 11.0. The van der Waals surface area contributed by atoms with Crippen molar-refractivity contribution in [3.05, 3.63) is 47.9 Å². The zero-order chi connectivity index (χ0) is 18.5. The molecule has 2 aromatic heterocycles. The van der Waals surface area contributed by atoms with E-state index < -0.39 is 0 Å². The third-order valence-electron chi connectivity index (χ3n) is 3.61. The van der Waals surface area contributed by atoms with Gasteiger partial charge in [0.05, 0.1) is 17.5 Å². The lowest BCUT2D eigenvalue weighted by Gasteiger charge is -2.11. The molecular weight excluding hydrogens is 354 g/mol. The highest BCUT2D eigenvalue weighted by Gasteiger charge is 2.15. The zero-order valence-corrected chi connectivity index (χ0v) is 15.3. The van der Waals surface area contributed by atoms with E-state index in [-0.39, 0.29) is 29.4 Å². The van der Waals surface area contributed by atoms with Crippen molar-refractivity contribution >= 4 is 40.4 Å². The van der Waals surface area contributed by atoms with Gasteiger partial charge in [0.15, 0.2) is 5.82 Å². The molecule has 136 valence electrons. The van der Waals surface area contributed by atoms with E-state index in [2.05, 4.69) is 15.8 Å². The summed E-state index contributed by atoms with van der Waals surface area (Å²) >= 11 is 1.22. The molecular formula is C18H19N3O4S. The van der Waals surface area contributed by atoms with Gasteiger partial charge < -0.3 is 19.6 Å². The van der Waals surface area contributed by atoms with Gasteiger partial charge in [-0.25, -0.2) is 0 Å². The number of amides is 2. The van der Waals surface area contributed by atoms with Gasteiger partial charge >= 0.3 is 0 Å². The Morgan fingerprint density at radius 3 is 2.69 bits per heavy atom. The second-order valence-corrected chi connectivity index (χ2v) is 6.83. The molecule has 0 bridgehead atoms. The maximum atomic E-state index is 12.1. The number of para-hydroxylation sites is 1. The number of benzene rings is 1. The van der Waals surface area contributed by atoms with E-state index in [9.17, 15) is 9.59 Å². The summed E-state index contributed by atoms with van der Waals surface area (Å²) in [5, 5.41) is 10.2. The third kappa shape index (κ3) is 4.66. The van der Waals surface area contributed by atoms with Crippen molar-refractivity contribution in [1.29, 1.82) is 0 Å². The van der Waals surface area contributed by atoms with Crippen LogP contribution in [-0.2, 0) is 9.59 Å². The lowest BCUT2D eigenvalue weighted by molar-refractivity contribution is -0.119. The van der Waals surface area contributed by atoms with Crippen LogP contribution in [0.15, 0.2) is 45.3 Å². The average molecular weight is 373 g/mol. The molecule has 7 nitrogen and oxygen atoms in total. The molecule has 26 heavy (non-hydrogen) atoms. The molecule has 3 rings (SSSR count). The quantitative estimate of drug-likeness (QED) is 0.660. The van der Waals surface area contributed by atoms with Crippen LogP contribution in [0.2, 0.25) is 0 Å². The Bertz CT molecular complexity index is 885. The Kier molecular flexibility index (Phi) is 5.62. The highest BCUT2D eigenvalue weighted by atomic mass is 32.2. The molecule has 2 amide bonds. The minimum atomic E-state index is -0.248. The number of anilines is 1. The van der Waals surface area contributed by atoms with Crippen LogP contribution in [0.3, 0.4) is 0 Å². The zero-order valence-electron chi connectivity index (χ0n) is 14.4. The molecule has 1 atom stereocenters. The van der Waals surface area contributed by atoms with E-state index in [1.165, 1.54) is 11.8 Å². The predicted molar refractivity (Wildman–Crippen MR) is 100.0 cm³/mol. The van der Waals surface area contributed by atoms with E-state index in [0.717, 1.165) is 11.0 Å². The second-order valence-electron chi connectivity index (χ2n) is 5.84. The van der Waals surface area contributed by atoms with Gasteiger partial charge in [-0.15, -0.1) is 11.8 Å². The molecule has 0 aliphatic heterocycles. The number of thioether (sulfide) groups is 1. The number of rotatable bonds is 7. The minimum Gasteiger partial charge on any atom is -0.459 e. The molecule has 0 radical (unpaired) electrons. The molecule has 0 aliphatic carbocycles. The number of carbonyl (C=O) groups is 2. The fraction of sp³-hybridized carbons (Fsp3) is 0.278. The van der Waals surface area contributed by atoms with Crippen LogP contribution in [0.5, 0.6) is 0 Å². The monoisotopic (exact) mass is 373 g/mol. The van der Waals surface area contributed by atoms with Gasteiger partial charge in [-0.3, -0.25) is 9.59 Å². The Morgan fingerprint density at radius 2 is 1.96 bits per heavy atom. The summed E-state index contributed by atoms with van der Waals surface area (Å²) < 4.78 is 10.6. The normalized spacial score (nSPS) is 12.1. The molecule has 0 fully saturated rings. The van der Waals surface area contributed by atoms with Gasteiger partial charge in [0.2, 0.25) is 11.8 Å². The number of aromatic nitrogens is 1. The van der Waals surface area contributed by atoms with Crippen LogP contribution in [-0.4, -0.2) is 28.5 Å². The van der Waals surface area contributed by atoms with Crippen molar-refractivity contribution in [1.82, 2.24) is 10.5 Å². The fourth-order valence-corrected chi connectivity index (χ4v) is 3.04. The first-order chi connectivity index (χ1) is 12.5. The number of aryl methyl sites for hydroxylation is 1. The number of nitrogens with one attached hydrogen (secondary N) is 2. The molecule has 0 spiro atoms. The molecule has 2 N–H and O–H groups in total. The topological polar surface area (TPSA) is 97.4 Å². The van der Waals surface area contributed by atoms with Gasteiger partial charge in [-0.05, 0) is 26.0 Å². The summed E-state index contributed by atoms with van der Waals surface area (Å²) in [6.45, 7) is 3.60. The minimum absolute atomic E-state index is 0.151. The standard InChI is InChI=1S/C18H19N3O4S/c1-11-7-16(21-25-11)20-18(23)10-26-9-17(22)19-12(2)15-8-13-5-3-4-6-14(13)24-15/h3-8,12H,9-10H2,1-2H3,(H,19,22)(H,20,21,23)/t12-/m0/s1. The lowest BCUT2D eigenvalue weighted by Crippen LogP contribution is -2.28. The average Bonchev–Trinajstić information content (AvgIpc) is 3.20. The van der Waals surface area contributed by atoms with Crippen molar-refractivity contribution in [2.75, 3.05) is 16.8 Å². The smallest absolute Gasteiger partial charge is 0.235 e. The first-order valence-corrected chi connectivity index (χ1v) is 9.25. The summed E-state index contributed by atoms with van der Waals surface area (Å²) in [5.41, 5.74) is 0.790. The number of fused-ring (bicyclic) bond motifs is 1. The Morgan fingerprint density at radius 1 is 1.19 bits per heavy atom. The molecule has 0 aliphatic rings. The summed E-state index contributed by atoms with van der Waals surface area (Å²) in [7, 11) is 0. The summed E-state index contributed by atoms with van der Waals surface area (Å²) in [4.78, 5) is 23.8.